The number of ether oxygens (including phenoxy) is 1. The quantitative estimate of drug-likeness (QED) is 0.770. The van der Waals surface area contributed by atoms with E-state index >= 15 is 0 Å². The third kappa shape index (κ3) is 5.61. The normalized spacial score (nSPS) is 13.6. The zero-order chi connectivity index (χ0) is 13.4. The third-order valence-corrected chi connectivity index (χ3v) is 3.32. The van der Waals surface area contributed by atoms with E-state index in [1.165, 1.54) is 0 Å². The first-order valence-electron chi connectivity index (χ1n) is 6.76. The Morgan fingerprint density at radius 3 is 2.72 bits per heavy atom. The smallest absolute Gasteiger partial charge is 0.0623 e. The molecular weight excluding hydrogens is 224 g/mol. The Balaban J connectivity index is 2.50. The first-order chi connectivity index (χ1) is 8.57. The van der Waals surface area contributed by atoms with E-state index in [0.717, 1.165) is 31.5 Å². The molecule has 0 amide bonds. The summed E-state index contributed by atoms with van der Waals surface area (Å²) in [5, 5.41) is 3.53. The van der Waals surface area contributed by atoms with E-state index in [1.807, 2.05) is 18.3 Å². The molecule has 1 rings (SSSR count). The minimum atomic E-state index is -0.0439. The van der Waals surface area contributed by atoms with Gasteiger partial charge in [-0.05, 0) is 45.4 Å². The van der Waals surface area contributed by atoms with Crippen LogP contribution in [0.2, 0.25) is 0 Å². The van der Waals surface area contributed by atoms with Gasteiger partial charge in [-0.3, -0.25) is 4.98 Å². The molecule has 0 bridgehead atoms. The molecule has 1 atom stereocenters. The molecule has 0 fully saturated rings. The van der Waals surface area contributed by atoms with Gasteiger partial charge in [0.05, 0.1) is 5.60 Å². The van der Waals surface area contributed by atoms with E-state index in [1.54, 1.807) is 7.11 Å². The van der Waals surface area contributed by atoms with Gasteiger partial charge in [-0.2, -0.15) is 0 Å². The number of rotatable bonds is 8. The lowest BCUT2D eigenvalue weighted by Gasteiger charge is -2.26. The first-order valence-corrected chi connectivity index (χ1v) is 6.76. The fourth-order valence-electron chi connectivity index (χ4n) is 1.96. The van der Waals surface area contributed by atoms with Crippen molar-refractivity contribution in [1.82, 2.24) is 10.3 Å². The summed E-state index contributed by atoms with van der Waals surface area (Å²) >= 11 is 0. The van der Waals surface area contributed by atoms with Crippen molar-refractivity contribution < 1.29 is 4.74 Å². The minimum absolute atomic E-state index is 0.0439. The van der Waals surface area contributed by atoms with Crippen LogP contribution in [-0.4, -0.2) is 30.3 Å². The summed E-state index contributed by atoms with van der Waals surface area (Å²) in [5.41, 5.74) is 1.11. The summed E-state index contributed by atoms with van der Waals surface area (Å²) in [4.78, 5) is 4.39. The lowest BCUT2D eigenvalue weighted by atomic mass is 9.96. The SMILES string of the molecule is CCNC(CCC(C)(C)OC)Cc1ccccn1. The van der Waals surface area contributed by atoms with Gasteiger partial charge in [0.25, 0.3) is 0 Å². The molecule has 18 heavy (non-hydrogen) atoms. The maximum Gasteiger partial charge on any atom is 0.0623 e. The Bertz CT molecular complexity index is 325. The van der Waals surface area contributed by atoms with E-state index in [-0.39, 0.29) is 5.60 Å². The topological polar surface area (TPSA) is 34.1 Å². The highest BCUT2D eigenvalue weighted by atomic mass is 16.5. The monoisotopic (exact) mass is 250 g/mol. The highest BCUT2D eigenvalue weighted by molar-refractivity contribution is 5.05. The number of hydrogen-bond acceptors (Lipinski definition) is 3. The largest absolute Gasteiger partial charge is 0.379 e. The van der Waals surface area contributed by atoms with Gasteiger partial charge in [0.1, 0.15) is 0 Å². The summed E-state index contributed by atoms with van der Waals surface area (Å²) in [5.74, 6) is 0. The van der Waals surface area contributed by atoms with Crippen molar-refractivity contribution in [3.8, 4) is 0 Å². The minimum Gasteiger partial charge on any atom is -0.379 e. The van der Waals surface area contributed by atoms with Gasteiger partial charge < -0.3 is 10.1 Å². The molecule has 0 saturated heterocycles. The van der Waals surface area contributed by atoms with Gasteiger partial charge >= 0.3 is 0 Å². The summed E-state index contributed by atoms with van der Waals surface area (Å²) in [6.45, 7) is 7.41. The van der Waals surface area contributed by atoms with E-state index in [0.29, 0.717) is 6.04 Å². The molecule has 1 N–H and O–H groups in total. The van der Waals surface area contributed by atoms with Gasteiger partial charge in [0, 0.05) is 31.5 Å². The highest BCUT2D eigenvalue weighted by Gasteiger charge is 2.19. The van der Waals surface area contributed by atoms with Crippen molar-refractivity contribution in [3.05, 3.63) is 30.1 Å². The Hall–Kier alpha value is -0.930. The van der Waals surface area contributed by atoms with Crippen LogP contribution in [0, 0.1) is 0 Å². The number of likely N-dealkylation sites (N-methyl/N-ethyl adjacent to an activating group) is 1. The first kappa shape index (κ1) is 15.1. The van der Waals surface area contributed by atoms with E-state index < -0.39 is 0 Å². The maximum absolute atomic E-state index is 5.47. The van der Waals surface area contributed by atoms with Crippen LogP contribution >= 0.6 is 0 Å². The zero-order valence-corrected chi connectivity index (χ0v) is 12.1. The third-order valence-electron chi connectivity index (χ3n) is 3.32. The molecule has 0 spiro atoms. The number of hydrogen-bond donors (Lipinski definition) is 1. The molecule has 1 aromatic heterocycles. The molecule has 102 valence electrons. The second-order valence-corrected chi connectivity index (χ2v) is 5.28. The molecule has 0 aromatic carbocycles. The number of methoxy groups -OCH3 is 1. The van der Waals surface area contributed by atoms with Gasteiger partial charge in [-0.1, -0.05) is 13.0 Å². The lowest BCUT2D eigenvalue weighted by Crippen LogP contribution is -2.34. The number of nitrogens with zero attached hydrogens (tertiary/aromatic N) is 1. The summed E-state index contributed by atoms with van der Waals surface area (Å²) in [6.07, 6.45) is 4.99. The van der Waals surface area contributed by atoms with Crippen molar-refractivity contribution in [1.29, 1.82) is 0 Å². The van der Waals surface area contributed by atoms with Crippen molar-refractivity contribution >= 4 is 0 Å². The second-order valence-electron chi connectivity index (χ2n) is 5.28. The molecule has 1 aromatic rings. The number of nitrogens with one attached hydrogen (secondary N) is 1. The average Bonchev–Trinajstić information content (AvgIpc) is 2.38. The van der Waals surface area contributed by atoms with Gasteiger partial charge in [-0.25, -0.2) is 0 Å². The predicted molar refractivity (Wildman–Crippen MR) is 75.7 cm³/mol. The van der Waals surface area contributed by atoms with Gasteiger partial charge in [0.2, 0.25) is 0 Å². The molecule has 1 heterocycles. The van der Waals surface area contributed by atoms with Crippen molar-refractivity contribution in [2.75, 3.05) is 13.7 Å². The second kappa shape index (κ2) is 7.49. The van der Waals surface area contributed by atoms with Crippen LogP contribution in [0.5, 0.6) is 0 Å². The van der Waals surface area contributed by atoms with Crippen LogP contribution in [0.1, 0.15) is 39.3 Å². The molecule has 3 nitrogen and oxygen atoms in total. The number of pyridine rings is 1. The van der Waals surface area contributed by atoms with Crippen LogP contribution < -0.4 is 5.32 Å². The van der Waals surface area contributed by atoms with Crippen LogP contribution in [0.3, 0.4) is 0 Å². The fourth-order valence-corrected chi connectivity index (χ4v) is 1.96. The van der Waals surface area contributed by atoms with Crippen LogP contribution in [0.15, 0.2) is 24.4 Å². The molecule has 0 aliphatic rings. The summed E-state index contributed by atoms with van der Waals surface area (Å²) in [6, 6.07) is 6.56. The average molecular weight is 250 g/mol. The number of aromatic nitrogens is 1. The summed E-state index contributed by atoms with van der Waals surface area (Å²) in [7, 11) is 1.78. The van der Waals surface area contributed by atoms with Crippen molar-refractivity contribution in [2.24, 2.45) is 0 Å². The van der Waals surface area contributed by atoms with E-state index in [9.17, 15) is 0 Å². The predicted octanol–water partition coefficient (Wildman–Crippen LogP) is 2.81. The molecule has 0 saturated carbocycles. The van der Waals surface area contributed by atoms with Crippen LogP contribution in [0.25, 0.3) is 0 Å². The maximum atomic E-state index is 5.47. The Morgan fingerprint density at radius 2 is 2.17 bits per heavy atom. The molecule has 0 aliphatic heterocycles. The van der Waals surface area contributed by atoms with Gasteiger partial charge in [-0.15, -0.1) is 0 Å². The van der Waals surface area contributed by atoms with Crippen molar-refractivity contribution in [2.45, 2.75) is 51.7 Å². The van der Waals surface area contributed by atoms with Crippen LogP contribution in [0.4, 0.5) is 0 Å². The Kier molecular flexibility index (Phi) is 6.30. The zero-order valence-electron chi connectivity index (χ0n) is 12.1. The van der Waals surface area contributed by atoms with Crippen LogP contribution in [-0.2, 0) is 11.2 Å². The van der Waals surface area contributed by atoms with E-state index in [4.69, 9.17) is 4.74 Å². The fraction of sp³-hybridized carbons (Fsp3) is 0.667. The Morgan fingerprint density at radius 1 is 1.39 bits per heavy atom. The molecule has 0 radical (unpaired) electrons. The highest BCUT2D eigenvalue weighted by Crippen LogP contribution is 2.18. The van der Waals surface area contributed by atoms with E-state index in [2.05, 4.69) is 37.1 Å². The van der Waals surface area contributed by atoms with Gasteiger partial charge in [0.15, 0.2) is 0 Å². The molecule has 1 unspecified atom stereocenters. The standard InChI is InChI=1S/C15H26N2O/c1-5-16-14(9-10-15(2,3)18-4)12-13-8-6-7-11-17-13/h6-8,11,14,16H,5,9-10,12H2,1-4H3. The molecule has 0 aliphatic carbocycles. The van der Waals surface area contributed by atoms with Crippen molar-refractivity contribution in [3.63, 3.8) is 0 Å². The molecule has 3 heteroatoms. The summed E-state index contributed by atoms with van der Waals surface area (Å²) < 4.78 is 5.47. The Labute approximate surface area is 111 Å². The molecular formula is C15H26N2O. The lowest BCUT2D eigenvalue weighted by molar-refractivity contribution is 0.0117.